The van der Waals surface area contributed by atoms with Crippen LogP contribution >= 0.6 is 0 Å². The van der Waals surface area contributed by atoms with Crippen LogP contribution in [0, 0.1) is 0 Å². The fourth-order valence-electron chi connectivity index (χ4n) is 3.71. The Labute approximate surface area is 130 Å². The number of aromatic nitrogens is 2. The van der Waals surface area contributed by atoms with Crippen LogP contribution in [0.5, 0.6) is 0 Å². The highest BCUT2D eigenvalue weighted by atomic mass is 19.4. The van der Waals surface area contributed by atoms with E-state index in [1.165, 1.54) is 6.20 Å². The van der Waals surface area contributed by atoms with Crippen molar-refractivity contribution in [2.24, 2.45) is 0 Å². The second-order valence-electron chi connectivity index (χ2n) is 5.94. The molecule has 2 aromatic rings. The van der Waals surface area contributed by atoms with Gasteiger partial charge in [-0.1, -0.05) is 24.3 Å². The lowest BCUT2D eigenvalue weighted by atomic mass is 9.92. The van der Waals surface area contributed by atoms with E-state index in [0.717, 1.165) is 34.7 Å². The van der Waals surface area contributed by atoms with Crippen LogP contribution in [0.2, 0.25) is 0 Å². The standard InChI is InChI=1S/C16H14F3N3O/c17-16(18,19)14-7-8-21(20-14)9-15(23)22-12-5-6-13(22)11-4-2-1-3-10(11)12/h1-4,7-8,12-13H,5-6,9H2/t12-,13-/m0/s1. The van der Waals surface area contributed by atoms with E-state index in [-0.39, 0.29) is 24.5 Å². The van der Waals surface area contributed by atoms with Gasteiger partial charge in [-0.15, -0.1) is 0 Å². The number of carbonyl (C=O) groups is 1. The van der Waals surface area contributed by atoms with Crippen LogP contribution < -0.4 is 0 Å². The number of rotatable bonds is 2. The smallest absolute Gasteiger partial charge is 0.327 e. The Balaban J connectivity index is 1.54. The van der Waals surface area contributed by atoms with E-state index in [2.05, 4.69) is 5.10 Å². The van der Waals surface area contributed by atoms with Crippen molar-refractivity contribution in [2.75, 3.05) is 0 Å². The molecule has 0 saturated carbocycles. The summed E-state index contributed by atoms with van der Waals surface area (Å²) < 4.78 is 38.8. The summed E-state index contributed by atoms with van der Waals surface area (Å²) >= 11 is 0. The Hall–Kier alpha value is -2.31. The minimum Gasteiger partial charge on any atom is -0.327 e. The van der Waals surface area contributed by atoms with Gasteiger partial charge in [0.15, 0.2) is 5.69 Å². The lowest BCUT2D eigenvalue weighted by Gasteiger charge is -2.22. The number of halogens is 3. The fraction of sp³-hybridized carbons (Fsp3) is 0.375. The maximum absolute atomic E-state index is 12.6. The second kappa shape index (κ2) is 4.84. The molecule has 0 radical (unpaired) electrons. The van der Waals surface area contributed by atoms with Crippen LogP contribution in [-0.4, -0.2) is 20.6 Å². The molecule has 2 bridgehead atoms. The first-order chi connectivity index (χ1) is 10.9. The number of benzene rings is 1. The first-order valence-electron chi connectivity index (χ1n) is 7.46. The van der Waals surface area contributed by atoms with Crippen molar-refractivity contribution in [1.29, 1.82) is 0 Å². The van der Waals surface area contributed by atoms with Crippen molar-refractivity contribution in [3.63, 3.8) is 0 Å². The first kappa shape index (κ1) is 14.3. The van der Waals surface area contributed by atoms with Gasteiger partial charge in [0.1, 0.15) is 6.54 Å². The topological polar surface area (TPSA) is 38.1 Å². The van der Waals surface area contributed by atoms with Crippen LogP contribution in [0.25, 0.3) is 0 Å². The number of hydrogen-bond acceptors (Lipinski definition) is 2. The van der Waals surface area contributed by atoms with E-state index in [0.29, 0.717) is 0 Å². The van der Waals surface area contributed by atoms with Crippen molar-refractivity contribution in [3.8, 4) is 0 Å². The molecule has 0 aliphatic carbocycles. The molecule has 0 unspecified atom stereocenters. The molecular formula is C16H14F3N3O. The third-order valence-electron chi connectivity index (χ3n) is 4.62. The number of hydrogen-bond donors (Lipinski definition) is 0. The summed E-state index contributed by atoms with van der Waals surface area (Å²) in [6.45, 7) is -0.170. The SMILES string of the molecule is O=C(Cn1ccc(C(F)(F)F)n1)N1[C@H]2CC[C@H]1c1ccccc12. The second-order valence-corrected chi connectivity index (χ2v) is 5.94. The highest BCUT2D eigenvalue weighted by Crippen LogP contribution is 2.52. The summed E-state index contributed by atoms with van der Waals surface area (Å²) in [7, 11) is 0. The van der Waals surface area contributed by atoms with E-state index in [4.69, 9.17) is 0 Å². The average Bonchev–Trinajstić information content (AvgIpc) is 3.19. The molecule has 7 heteroatoms. The summed E-state index contributed by atoms with van der Waals surface area (Å²) in [5.41, 5.74) is 1.35. The lowest BCUT2D eigenvalue weighted by molar-refractivity contribution is -0.142. The predicted molar refractivity (Wildman–Crippen MR) is 75.2 cm³/mol. The Morgan fingerprint density at radius 1 is 1.13 bits per heavy atom. The lowest BCUT2D eigenvalue weighted by Crippen LogP contribution is -2.31. The van der Waals surface area contributed by atoms with Gasteiger partial charge in [-0.05, 0) is 30.0 Å². The molecule has 0 spiro atoms. The maximum atomic E-state index is 12.6. The number of amides is 1. The van der Waals surface area contributed by atoms with E-state index in [1.54, 1.807) is 4.90 Å². The molecule has 1 fully saturated rings. The van der Waals surface area contributed by atoms with Crippen LogP contribution in [0.1, 0.15) is 41.7 Å². The van der Waals surface area contributed by atoms with Crippen molar-refractivity contribution in [2.45, 2.75) is 37.6 Å². The molecular weight excluding hydrogens is 307 g/mol. The summed E-state index contributed by atoms with van der Waals surface area (Å²) in [5.74, 6) is -0.189. The molecule has 1 aromatic heterocycles. The van der Waals surface area contributed by atoms with Crippen LogP contribution in [0.4, 0.5) is 13.2 Å². The molecule has 120 valence electrons. The van der Waals surface area contributed by atoms with Gasteiger partial charge in [-0.2, -0.15) is 18.3 Å². The molecule has 2 aliphatic heterocycles. The van der Waals surface area contributed by atoms with Crippen molar-refractivity contribution in [3.05, 3.63) is 53.3 Å². The Kier molecular flexibility index (Phi) is 3.01. The zero-order chi connectivity index (χ0) is 16.2. The van der Waals surface area contributed by atoms with E-state index in [1.807, 2.05) is 24.3 Å². The molecule has 0 N–H and O–H groups in total. The normalized spacial score (nSPS) is 22.5. The Bertz CT molecular complexity index is 737. The van der Waals surface area contributed by atoms with Gasteiger partial charge in [0.05, 0.1) is 12.1 Å². The Morgan fingerprint density at radius 2 is 1.74 bits per heavy atom. The molecule has 1 aromatic carbocycles. The molecule has 4 rings (SSSR count). The summed E-state index contributed by atoms with van der Waals surface area (Å²) in [6.07, 6.45) is -1.48. The van der Waals surface area contributed by atoms with E-state index in [9.17, 15) is 18.0 Å². The molecule has 2 aliphatic rings. The largest absolute Gasteiger partial charge is 0.435 e. The van der Waals surface area contributed by atoms with Crippen molar-refractivity contribution >= 4 is 5.91 Å². The van der Waals surface area contributed by atoms with Crippen LogP contribution in [0.3, 0.4) is 0 Å². The molecule has 23 heavy (non-hydrogen) atoms. The summed E-state index contributed by atoms with van der Waals surface area (Å²) in [5, 5.41) is 3.46. The van der Waals surface area contributed by atoms with Gasteiger partial charge < -0.3 is 4.90 Å². The first-order valence-corrected chi connectivity index (χ1v) is 7.46. The molecule has 4 nitrogen and oxygen atoms in total. The van der Waals surface area contributed by atoms with E-state index < -0.39 is 11.9 Å². The quantitative estimate of drug-likeness (QED) is 0.851. The zero-order valence-electron chi connectivity index (χ0n) is 12.1. The third-order valence-corrected chi connectivity index (χ3v) is 4.62. The van der Waals surface area contributed by atoms with Crippen molar-refractivity contribution < 1.29 is 18.0 Å². The summed E-state index contributed by atoms with van der Waals surface area (Å²) in [6, 6.07) is 8.92. The van der Waals surface area contributed by atoms with Crippen LogP contribution in [0.15, 0.2) is 36.5 Å². The van der Waals surface area contributed by atoms with Gasteiger partial charge in [-0.25, -0.2) is 0 Å². The maximum Gasteiger partial charge on any atom is 0.435 e. The van der Waals surface area contributed by atoms with Gasteiger partial charge in [0.2, 0.25) is 5.91 Å². The van der Waals surface area contributed by atoms with Crippen LogP contribution in [-0.2, 0) is 17.5 Å². The van der Waals surface area contributed by atoms with Gasteiger partial charge in [0, 0.05) is 6.20 Å². The molecule has 1 amide bonds. The minimum atomic E-state index is -4.49. The van der Waals surface area contributed by atoms with Gasteiger partial charge in [-0.3, -0.25) is 9.48 Å². The van der Waals surface area contributed by atoms with Gasteiger partial charge >= 0.3 is 6.18 Å². The predicted octanol–water partition coefficient (Wildman–Crippen LogP) is 3.32. The number of carbonyl (C=O) groups excluding carboxylic acids is 1. The number of fused-ring (bicyclic) bond motifs is 5. The highest BCUT2D eigenvalue weighted by Gasteiger charge is 2.46. The monoisotopic (exact) mass is 321 g/mol. The molecule has 2 atom stereocenters. The van der Waals surface area contributed by atoms with E-state index >= 15 is 0 Å². The minimum absolute atomic E-state index is 0.0429. The third kappa shape index (κ3) is 2.22. The number of alkyl halides is 3. The van der Waals surface area contributed by atoms with Crippen molar-refractivity contribution in [1.82, 2.24) is 14.7 Å². The average molecular weight is 321 g/mol. The summed E-state index contributed by atoms with van der Waals surface area (Å²) in [4.78, 5) is 14.4. The highest BCUT2D eigenvalue weighted by molar-refractivity contribution is 5.78. The Morgan fingerprint density at radius 3 is 2.26 bits per heavy atom. The number of nitrogens with zero attached hydrogens (tertiary/aromatic N) is 3. The zero-order valence-corrected chi connectivity index (χ0v) is 12.1. The molecule has 3 heterocycles. The van der Waals surface area contributed by atoms with Gasteiger partial charge in [0.25, 0.3) is 0 Å². The molecule has 1 saturated heterocycles. The fourth-order valence-corrected chi connectivity index (χ4v) is 3.71.